The normalized spacial score (nSPS) is 21.9. The summed E-state index contributed by atoms with van der Waals surface area (Å²) in [5.41, 5.74) is 0. The topological polar surface area (TPSA) is 50.1 Å². The lowest BCUT2D eigenvalue weighted by Crippen LogP contribution is -2.29. The Hall–Kier alpha value is -0.870. The molecule has 0 bridgehead atoms. The van der Waals surface area contributed by atoms with Crippen molar-refractivity contribution in [1.82, 2.24) is 15.6 Å². The van der Waals surface area contributed by atoms with Gasteiger partial charge in [-0.05, 0) is 32.4 Å². The van der Waals surface area contributed by atoms with Crippen molar-refractivity contribution in [2.75, 3.05) is 13.1 Å². The Labute approximate surface area is 96.8 Å². The lowest BCUT2D eigenvalue weighted by atomic mass is 10.1. The molecular weight excluding hydrogens is 202 g/mol. The molecular formula is C12H21N3O. The van der Waals surface area contributed by atoms with Crippen molar-refractivity contribution in [3.05, 3.63) is 17.8 Å². The molecule has 1 saturated heterocycles. The molecule has 1 atom stereocenters. The molecule has 4 heteroatoms. The Morgan fingerprint density at radius 2 is 2.44 bits per heavy atom. The Balaban J connectivity index is 1.77. The summed E-state index contributed by atoms with van der Waals surface area (Å²) in [4.78, 5) is 4.25. The first-order chi connectivity index (χ1) is 7.88. The van der Waals surface area contributed by atoms with Crippen LogP contribution in [0.5, 0.6) is 0 Å². The Kier molecular flexibility index (Phi) is 4.36. The van der Waals surface area contributed by atoms with Gasteiger partial charge < -0.3 is 15.1 Å². The molecule has 90 valence electrons. The number of nitrogens with one attached hydrogen (secondary N) is 2. The van der Waals surface area contributed by atoms with Gasteiger partial charge in [0, 0.05) is 12.5 Å². The van der Waals surface area contributed by atoms with Crippen molar-refractivity contribution in [3.8, 4) is 0 Å². The second-order valence-corrected chi connectivity index (χ2v) is 4.33. The minimum atomic E-state index is 0.604. The lowest BCUT2D eigenvalue weighted by molar-refractivity contribution is 0.399. The van der Waals surface area contributed by atoms with E-state index in [0.29, 0.717) is 6.04 Å². The Morgan fingerprint density at radius 1 is 1.50 bits per heavy atom. The molecule has 1 unspecified atom stereocenters. The zero-order chi connectivity index (χ0) is 11.2. The van der Waals surface area contributed by atoms with Crippen molar-refractivity contribution in [2.45, 2.75) is 45.2 Å². The monoisotopic (exact) mass is 223 g/mol. The zero-order valence-electron chi connectivity index (χ0n) is 9.96. The predicted molar refractivity (Wildman–Crippen MR) is 63.2 cm³/mol. The van der Waals surface area contributed by atoms with Crippen molar-refractivity contribution in [1.29, 1.82) is 0 Å². The summed E-state index contributed by atoms with van der Waals surface area (Å²) in [5.74, 6) is 1.79. The third-order valence-corrected chi connectivity index (χ3v) is 3.07. The number of hydrogen-bond donors (Lipinski definition) is 2. The first kappa shape index (κ1) is 11.6. The van der Waals surface area contributed by atoms with Gasteiger partial charge in [-0.1, -0.05) is 6.92 Å². The average Bonchev–Trinajstić information content (AvgIpc) is 2.61. The van der Waals surface area contributed by atoms with Gasteiger partial charge in [0.1, 0.15) is 5.76 Å². The smallest absolute Gasteiger partial charge is 0.208 e. The Bertz CT molecular complexity index is 303. The van der Waals surface area contributed by atoms with Gasteiger partial charge in [-0.2, -0.15) is 0 Å². The van der Waals surface area contributed by atoms with E-state index in [-0.39, 0.29) is 0 Å². The van der Waals surface area contributed by atoms with E-state index in [1.165, 1.54) is 19.3 Å². The van der Waals surface area contributed by atoms with Crippen LogP contribution in [0.25, 0.3) is 0 Å². The first-order valence-electron chi connectivity index (χ1n) is 6.26. The van der Waals surface area contributed by atoms with Crippen LogP contribution in [-0.2, 0) is 13.0 Å². The van der Waals surface area contributed by atoms with Crippen LogP contribution in [0, 0.1) is 0 Å². The van der Waals surface area contributed by atoms with E-state index in [0.717, 1.165) is 37.7 Å². The summed E-state index contributed by atoms with van der Waals surface area (Å²) in [6.45, 7) is 5.10. The molecule has 0 amide bonds. The van der Waals surface area contributed by atoms with E-state index >= 15 is 0 Å². The molecule has 1 fully saturated rings. The maximum atomic E-state index is 5.57. The van der Waals surface area contributed by atoms with Crippen LogP contribution in [0.3, 0.4) is 0 Å². The van der Waals surface area contributed by atoms with Crippen molar-refractivity contribution >= 4 is 0 Å². The SMILES string of the molecule is CCc1cnc(CNC2CCCNCC2)o1. The van der Waals surface area contributed by atoms with Crippen LogP contribution in [0.1, 0.15) is 37.8 Å². The second kappa shape index (κ2) is 6.01. The number of aromatic nitrogens is 1. The third kappa shape index (κ3) is 3.32. The van der Waals surface area contributed by atoms with Crippen LogP contribution in [0.15, 0.2) is 10.6 Å². The maximum absolute atomic E-state index is 5.57. The largest absolute Gasteiger partial charge is 0.444 e. The van der Waals surface area contributed by atoms with E-state index in [4.69, 9.17) is 4.42 Å². The number of aryl methyl sites for hydroxylation is 1. The third-order valence-electron chi connectivity index (χ3n) is 3.07. The molecule has 1 aromatic rings. The number of oxazole rings is 1. The molecule has 4 nitrogen and oxygen atoms in total. The summed E-state index contributed by atoms with van der Waals surface area (Å²) in [5, 5.41) is 6.93. The molecule has 0 spiro atoms. The van der Waals surface area contributed by atoms with E-state index in [1.807, 2.05) is 6.20 Å². The Morgan fingerprint density at radius 3 is 3.25 bits per heavy atom. The predicted octanol–water partition coefficient (Wildman–Crippen LogP) is 1.47. The second-order valence-electron chi connectivity index (χ2n) is 4.33. The van der Waals surface area contributed by atoms with Gasteiger partial charge in [-0.15, -0.1) is 0 Å². The van der Waals surface area contributed by atoms with Gasteiger partial charge in [-0.3, -0.25) is 0 Å². The summed E-state index contributed by atoms with van der Waals surface area (Å²) < 4.78 is 5.57. The van der Waals surface area contributed by atoms with Crippen LogP contribution in [0.4, 0.5) is 0 Å². The average molecular weight is 223 g/mol. The van der Waals surface area contributed by atoms with Gasteiger partial charge in [0.05, 0.1) is 12.7 Å². The highest BCUT2D eigenvalue weighted by Gasteiger charge is 2.12. The fourth-order valence-corrected chi connectivity index (χ4v) is 2.05. The number of hydrogen-bond acceptors (Lipinski definition) is 4. The maximum Gasteiger partial charge on any atom is 0.208 e. The first-order valence-corrected chi connectivity index (χ1v) is 6.26. The van der Waals surface area contributed by atoms with E-state index in [1.54, 1.807) is 0 Å². The van der Waals surface area contributed by atoms with E-state index < -0.39 is 0 Å². The van der Waals surface area contributed by atoms with Crippen LogP contribution >= 0.6 is 0 Å². The van der Waals surface area contributed by atoms with Gasteiger partial charge in [0.2, 0.25) is 5.89 Å². The fraction of sp³-hybridized carbons (Fsp3) is 0.750. The lowest BCUT2D eigenvalue weighted by Gasteiger charge is -2.14. The van der Waals surface area contributed by atoms with Crippen LogP contribution in [-0.4, -0.2) is 24.1 Å². The number of nitrogens with zero attached hydrogens (tertiary/aromatic N) is 1. The number of rotatable bonds is 4. The zero-order valence-corrected chi connectivity index (χ0v) is 9.96. The van der Waals surface area contributed by atoms with Gasteiger partial charge in [-0.25, -0.2) is 4.98 Å². The van der Waals surface area contributed by atoms with Crippen LogP contribution in [0.2, 0.25) is 0 Å². The highest BCUT2D eigenvalue weighted by atomic mass is 16.4. The molecule has 16 heavy (non-hydrogen) atoms. The molecule has 1 aliphatic rings. The van der Waals surface area contributed by atoms with E-state index in [2.05, 4.69) is 22.5 Å². The minimum absolute atomic E-state index is 0.604. The standard InChI is InChI=1S/C12H21N3O/c1-2-11-8-15-12(16-11)9-14-10-4-3-6-13-7-5-10/h8,10,13-14H,2-7,9H2,1H3. The summed E-state index contributed by atoms with van der Waals surface area (Å²) >= 11 is 0. The molecule has 0 aromatic carbocycles. The van der Waals surface area contributed by atoms with Crippen molar-refractivity contribution in [2.24, 2.45) is 0 Å². The molecule has 0 saturated carbocycles. The quantitative estimate of drug-likeness (QED) is 0.811. The molecule has 0 aliphatic carbocycles. The van der Waals surface area contributed by atoms with Crippen molar-refractivity contribution < 1.29 is 4.42 Å². The van der Waals surface area contributed by atoms with Gasteiger partial charge in [0.25, 0.3) is 0 Å². The molecule has 2 heterocycles. The molecule has 2 N–H and O–H groups in total. The molecule has 0 radical (unpaired) electrons. The summed E-state index contributed by atoms with van der Waals surface area (Å²) in [6, 6.07) is 0.604. The fourth-order valence-electron chi connectivity index (χ4n) is 2.05. The van der Waals surface area contributed by atoms with Gasteiger partial charge >= 0.3 is 0 Å². The molecule has 2 rings (SSSR count). The minimum Gasteiger partial charge on any atom is -0.444 e. The molecule has 1 aliphatic heterocycles. The van der Waals surface area contributed by atoms with E-state index in [9.17, 15) is 0 Å². The highest BCUT2D eigenvalue weighted by Crippen LogP contribution is 2.08. The van der Waals surface area contributed by atoms with Crippen molar-refractivity contribution in [3.63, 3.8) is 0 Å². The highest BCUT2D eigenvalue weighted by molar-refractivity contribution is 4.93. The summed E-state index contributed by atoms with van der Waals surface area (Å²) in [6.07, 6.45) is 6.44. The van der Waals surface area contributed by atoms with Crippen LogP contribution < -0.4 is 10.6 Å². The van der Waals surface area contributed by atoms with Gasteiger partial charge in [0.15, 0.2) is 0 Å². The summed E-state index contributed by atoms with van der Waals surface area (Å²) in [7, 11) is 0. The molecule has 1 aromatic heterocycles.